The van der Waals surface area contributed by atoms with E-state index < -0.39 is 35.9 Å². The second-order valence-corrected chi connectivity index (χ2v) is 10.4. The largest absolute Gasteiger partial charge is 0.416 e. The van der Waals surface area contributed by atoms with E-state index in [-0.39, 0.29) is 23.5 Å². The molecule has 1 heterocycles. The van der Waals surface area contributed by atoms with Gasteiger partial charge in [-0.25, -0.2) is 0 Å². The van der Waals surface area contributed by atoms with Crippen LogP contribution in [0.1, 0.15) is 79.4 Å². The molecule has 0 radical (unpaired) electrons. The SMILES string of the molecule is Cc1ccccc1[C@@H]1C(O[C@H](C)c2cc(C(F)(F)F)cc(C(F)(F)F)c2)OCC2CC(C)CCCC21. The molecular formula is C28H32F6O2. The average molecular weight is 515 g/mol. The average Bonchev–Trinajstić information content (AvgIpc) is 2.99. The van der Waals surface area contributed by atoms with E-state index in [2.05, 4.69) is 6.92 Å². The summed E-state index contributed by atoms with van der Waals surface area (Å²) in [7, 11) is 0. The third-order valence-electron chi connectivity index (χ3n) is 7.74. The van der Waals surface area contributed by atoms with Gasteiger partial charge in [-0.1, -0.05) is 44.0 Å². The molecule has 0 bridgehead atoms. The monoisotopic (exact) mass is 514 g/mol. The van der Waals surface area contributed by atoms with Crippen molar-refractivity contribution in [3.63, 3.8) is 0 Å². The number of hydrogen-bond acceptors (Lipinski definition) is 2. The summed E-state index contributed by atoms with van der Waals surface area (Å²) in [4.78, 5) is 0. The van der Waals surface area contributed by atoms with Crippen LogP contribution >= 0.6 is 0 Å². The van der Waals surface area contributed by atoms with Crippen molar-refractivity contribution in [3.05, 3.63) is 70.3 Å². The zero-order chi connectivity index (χ0) is 26.3. The lowest BCUT2D eigenvalue weighted by molar-refractivity contribution is -0.224. The zero-order valence-corrected chi connectivity index (χ0v) is 20.6. The van der Waals surface area contributed by atoms with E-state index in [1.165, 1.54) is 6.92 Å². The quantitative estimate of drug-likeness (QED) is 0.380. The molecule has 1 aliphatic heterocycles. The Morgan fingerprint density at radius 3 is 2.19 bits per heavy atom. The molecule has 0 N–H and O–H groups in total. The maximum absolute atomic E-state index is 13.4. The number of benzene rings is 2. The summed E-state index contributed by atoms with van der Waals surface area (Å²) >= 11 is 0. The molecule has 0 aromatic heterocycles. The summed E-state index contributed by atoms with van der Waals surface area (Å²) in [5.74, 6) is 0.996. The highest BCUT2D eigenvalue weighted by atomic mass is 19.4. The van der Waals surface area contributed by atoms with E-state index >= 15 is 0 Å². The van der Waals surface area contributed by atoms with Crippen LogP contribution in [0.3, 0.4) is 0 Å². The van der Waals surface area contributed by atoms with E-state index in [0.717, 1.165) is 48.9 Å². The smallest absolute Gasteiger partial charge is 0.352 e. The number of fused-ring (bicyclic) bond motifs is 1. The molecule has 198 valence electrons. The predicted octanol–water partition coefficient (Wildman–Crippen LogP) is 8.69. The molecular weight excluding hydrogens is 482 g/mol. The highest BCUT2D eigenvalue weighted by molar-refractivity contribution is 5.35. The van der Waals surface area contributed by atoms with Crippen LogP contribution in [-0.2, 0) is 21.8 Å². The minimum absolute atomic E-state index is 0.140. The van der Waals surface area contributed by atoms with Gasteiger partial charge in [0.2, 0.25) is 0 Å². The lowest BCUT2D eigenvalue weighted by atomic mass is 9.72. The van der Waals surface area contributed by atoms with Crippen molar-refractivity contribution in [2.75, 3.05) is 6.61 Å². The molecule has 2 aromatic rings. The van der Waals surface area contributed by atoms with Crippen molar-refractivity contribution >= 4 is 0 Å². The minimum atomic E-state index is -4.91. The van der Waals surface area contributed by atoms with E-state index in [4.69, 9.17) is 9.47 Å². The number of alkyl halides is 6. The fourth-order valence-corrected chi connectivity index (χ4v) is 5.89. The van der Waals surface area contributed by atoms with Gasteiger partial charge in [0.1, 0.15) is 0 Å². The van der Waals surface area contributed by atoms with Crippen molar-refractivity contribution in [1.29, 1.82) is 0 Å². The second kappa shape index (κ2) is 10.4. The van der Waals surface area contributed by atoms with Gasteiger partial charge in [0.25, 0.3) is 0 Å². The maximum atomic E-state index is 13.4. The summed E-state index contributed by atoms with van der Waals surface area (Å²) in [6.07, 6.45) is -7.44. The summed E-state index contributed by atoms with van der Waals surface area (Å²) in [6.45, 7) is 6.18. The molecule has 1 aliphatic carbocycles. The van der Waals surface area contributed by atoms with Crippen LogP contribution in [0.15, 0.2) is 42.5 Å². The van der Waals surface area contributed by atoms with E-state index in [0.29, 0.717) is 18.4 Å². The Labute approximate surface area is 208 Å². The van der Waals surface area contributed by atoms with Crippen LogP contribution in [0, 0.1) is 24.7 Å². The number of rotatable bonds is 4. The first-order valence-electron chi connectivity index (χ1n) is 12.5. The lowest BCUT2D eigenvalue weighted by Gasteiger charge is -2.44. The van der Waals surface area contributed by atoms with Gasteiger partial charge >= 0.3 is 12.4 Å². The lowest BCUT2D eigenvalue weighted by Crippen LogP contribution is -2.42. The zero-order valence-electron chi connectivity index (χ0n) is 20.6. The van der Waals surface area contributed by atoms with Crippen LogP contribution in [0.25, 0.3) is 0 Å². The molecule has 6 atom stereocenters. The number of aryl methyl sites for hydroxylation is 1. The standard InChI is InChI=1S/C28H32F6O2/c1-16-7-6-10-24-20(11-16)15-35-26(25(24)23-9-5-4-8-17(23)2)36-18(3)19-12-21(27(29,30)31)14-22(13-19)28(32,33)34/h4-5,8-9,12-14,16,18,20,24-26H,6-7,10-11,15H2,1-3H3/t16?,18-,20?,24?,25+,26?/m1/s1. The molecule has 36 heavy (non-hydrogen) atoms. The first kappa shape index (κ1) is 27.0. The summed E-state index contributed by atoms with van der Waals surface area (Å²) in [6, 6.07) is 9.52. The van der Waals surface area contributed by atoms with Gasteiger partial charge < -0.3 is 9.47 Å². The molecule has 0 spiro atoms. The Kier molecular flexibility index (Phi) is 7.77. The van der Waals surface area contributed by atoms with Crippen LogP contribution in [0.2, 0.25) is 0 Å². The molecule has 4 rings (SSSR count). The highest BCUT2D eigenvalue weighted by Crippen LogP contribution is 2.48. The van der Waals surface area contributed by atoms with Gasteiger partial charge in [-0.3, -0.25) is 0 Å². The van der Waals surface area contributed by atoms with Gasteiger partial charge in [0, 0.05) is 5.92 Å². The Balaban J connectivity index is 1.68. The Morgan fingerprint density at radius 2 is 1.58 bits per heavy atom. The molecule has 2 aromatic carbocycles. The van der Waals surface area contributed by atoms with Gasteiger partial charge in [-0.15, -0.1) is 0 Å². The number of hydrogen-bond donors (Lipinski definition) is 0. The molecule has 1 saturated carbocycles. The molecule has 8 heteroatoms. The van der Waals surface area contributed by atoms with E-state index in [1.54, 1.807) is 0 Å². The topological polar surface area (TPSA) is 18.5 Å². The Bertz CT molecular complexity index is 1010. The van der Waals surface area contributed by atoms with Crippen LogP contribution in [0.4, 0.5) is 26.3 Å². The summed E-state index contributed by atoms with van der Waals surface area (Å²) in [5.41, 5.74) is -0.759. The molecule has 2 nitrogen and oxygen atoms in total. The van der Waals surface area contributed by atoms with Crippen LogP contribution in [0.5, 0.6) is 0 Å². The van der Waals surface area contributed by atoms with Crippen molar-refractivity contribution in [2.24, 2.45) is 17.8 Å². The van der Waals surface area contributed by atoms with Gasteiger partial charge in [-0.2, -0.15) is 26.3 Å². The highest BCUT2D eigenvalue weighted by Gasteiger charge is 2.44. The Hall–Kier alpha value is -2.06. The number of halogens is 6. The van der Waals surface area contributed by atoms with Gasteiger partial charge in [-0.05, 0) is 79.3 Å². The van der Waals surface area contributed by atoms with Crippen LogP contribution in [-0.4, -0.2) is 12.9 Å². The summed E-state index contributed by atoms with van der Waals surface area (Å²) < 4.78 is 92.8. The predicted molar refractivity (Wildman–Crippen MR) is 124 cm³/mol. The van der Waals surface area contributed by atoms with Crippen molar-refractivity contribution in [2.45, 2.75) is 77.1 Å². The molecule has 1 saturated heterocycles. The molecule has 0 amide bonds. The molecule has 4 unspecified atom stereocenters. The third-order valence-corrected chi connectivity index (χ3v) is 7.74. The van der Waals surface area contributed by atoms with E-state index in [9.17, 15) is 26.3 Å². The fraction of sp³-hybridized carbons (Fsp3) is 0.571. The van der Waals surface area contributed by atoms with Crippen molar-refractivity contribution in [1.82, 2.24) is 0 Å². The molecule has 2 fully saturated rings. The van der Waals surface area contributed by atoms with Gasteiger partial charge in [0.15, 0.2) is 6.29 Å². The molecule has 2 aliphatic rings. The number of ether oxygens (including phenoxy) is 2. The first-order valence-corrected chi connectivity index (χ1v) is 12.5. The van der Waals surface area contributed by atoms with Gasteiger partial charge in [0.05, 0.1) is 23.8 Å². The second-order valence-electron chi connectivity index (χ2n) is 10.4. The summed E-state index contributed by atoms with van der Waals surface area (Å²) in [5, 5.41) is 0. The minimum Gasteiger partial charge on any atom is -0.352 e. The van der Waals surface area contributed by atoms with E-state index in [1.807, 2.05) is 31.2 Å². The van der Waals surface area contributed by atoms with Crippen molar-refractivity contribution in [3.8, 4) is 0 Å². The van der Waals surface area contributed by atoms with Crippen molar-refractivity contribution < 1.29 is 35.8 Å². The fourth-order valence-electron chi connectivity index (χ4n) is 5.89. The van der Waals surface area contributed by atoms with Crippen LogP contribution < -0.4 is 0 Å². The third kappa shape index (κ3) is 5.91. The normalized spacial score (nSPS) is 28.3. The maximum Gasteiger partial charge on any atom is 0.416 e. The Morgan fingerprint density at radius 1 is 0.944 bits per heavy atom. The first-order chi connectivity index (χ1) is 16.8.